The molecule has 1 aromatic rings. The number of oxazole rings is 1. The molecule has 72 valence electrons. The van der Waals surface area contributed by atoms with Crippen molar-refractivity contribution in [2.45, 2.75) is 32.1 Å². The van der Waals surface area contributed by atoms with E-state index in [2.05, 4.69) is 10.3 Å². The van der Waals surface area contributed by atoms with Crippen LogP contribution in [0.4, 0.5) is 6.01 Å². The van der Waals surface area contributed by atoms with E-state index in [1.807, 2.05) is 7.05 Å². The van der Waals surface area contributed by atoms with Crippen LogP contribution in [0, 0.1) is 5.92 Å². The number of anilines is 1. The van der Waals surface area contributed by atoms with Crippen LogP contribution in [-0.4, -0.2) is 12.0 Å². The number of rotatable bonds is 3. The van der Waals surface area contributed by atoms with Crippen molar-refractivity contribution < 1.29 is 4.42 Å². The summed E-state index contributed by atoms with van der Waals surface area (Å²) in [7, 11) is 1.82. The van der Waals surface area contributed by atoms with Gasteiger partial charge < -0.3 is 9.73 Å². The molecule has 1 saturated carbocycles. The van der Waals surface area contributed by atoms with Crippen LogP contribution in [0.15, 0.2) is 10.7 Å². The van der Waals surface area contributed by atoms with Crippen LogP contribution in [-0.2, 0) is 6.42 Å². The maximum absolute atomic E-state index is 5.20. The molecule has 0 radical (unpaired) electrons. The van der Waals surface area contributed by atoms with Crippen LogP contribution >= 0.6 is 0 Å². The van der Waals surface area contributed by atoms with Crippen LogP contribution in [0.1, 0.15) is 31.4 Å². The van der Waals surface area contributed by atoms with E-state index in [-0.39, 0.29) is 0 Å². The van der Waals surface area contributed by atoms with Gasteiger partial charge in [-0.15, -0.1) is 0 Å². The Labute approximate surface area is 78.5 Å². The Morgan fingerprint density at radius 2 is 2.31 bits per heavy atom. The monoisotopic (exact) mass is 180 g/mol. The molecule has 1 aliphatic carbocycles. The van der Waals surface area contributed by atoms with Gasteiger partial charge in [0, 0.05) is 7.05 Å². The fourth-order valence-electron chi connectivity index (χ4n) is 2.03. The molecule has 0 aromatic carbocycles. The van der Waals surface area contributed by atoms with Crippen molar-refractivity contribution in [1.29, 1.82) is 0 Å². The lowest BCUT2D eigenvalue weighted by Gasteiger charge is -2.03. The van der Waals surface area contributed by atoms with E-state index in [9.17, 15) is 0 Å². The van der Waals surface area contributed by atoms with Gasteiger partial charge in [-0.25, -0.2) is 0 Å². The molecule has 0 spiro atoms. The zero-order valence-electron chi connectivity index (χ0n) is 8.05. The highest BCUT2D eigenvalue weighted by atomic mass is 16.4. The van der Waals surface area contributed by atoms with Crippen molar-refractivity contribution >= 4 is 6.01 Å². The van der Waals surface area contributed by atoms with Crippen molar-refractivity contribution in [1.82, 2.24) is 4.98 Å². The first-order valence-corrected chi connectivity index (χ1v) is 5.00. The number of hydrogen-bond donors (Lipinski definition) is 1. The molecule has 0 bridgehead atoms. The fourth-order valence-corrected chi connectivity index (χ4v) is 2.03. The van der Waals surface area contributed by atoms with Gasteiger partial charge >= 0.3 is 0 Å². The Hall–Kier alpha value is -0.990. The molecule has 3 heteroatoms. The summed E-state index contributed by atoms with van der Waals surface area (Å²) in [6.07, 6.45) is 8.36. The van der Waals surface area contributed by atoms with E-state index < -0.39 is 0 Å². The first-order valence-electron chi connectivity index (χ1n) is 5.00. The van der Waals surface area contributed by atoms with Crippen molar-refractivity contribution in [3.63, 3.8) is 0 Å². The van der Waals surface area contributed by atoms with E-state index in [1.54, 1.807) is 6.26 Å². The van der Waals surface area contributed by atoms with Gasteiger partial charge in [0.25, 0.3) is 6.01 Å². The normalized spacial score (nSPS) is 17.9. The molecule has 0 atom stereocenters. The summed E-state index contributed by atoms with van der Waals surface area (Å²) < 4.78 is 5.20. The summed E-state index contributed by atoms with van der Waals surface area (Å²) in [5.74, 6) is 0.842. The number of nitrogens with one attached hydrogen (secondary N) is 1. The fraction of sp³-hybridized carbons (Fsp3) is 0.700. The van der Waals surface area contributed by atoms with Crippen LogP contribution in [0.5, 0.6) is 0 Å². The van der Waals surface area contributed by atoms with E-state index in [0.29, 0.717) is 6.01 Å². The summed E-state index contributed by atoms with van der Waals surface area (Å²) >= 11 is 0. The average Bonchev–Trinajstić information content (AvgIpc) is 2.76. The second-order valence-corrected chi connectivity index (χ2v) is 3.75. The molecule has 1 N–H and O–H groups in total. The Morgan fingerprint density at radius 3 is 2.92 bits per heavy atom. The molecule has 0 saturated heterocycles. The van der Waals surface area contributed by atoms with Gasteiger partial charge in [-0.1, -0.05) is 25.7 Å². The van der Waals surface area contributed by atoms with Crippen LogP contribution in [0.2, 0.25) is 0 Å². The largest absolute Gasteiger partial charge is 0.432 e. The Morgan fingerprint density at radius 1 is 1.54 bits per heavy atom. The van der Waals surface area contributed by atoms with E-state index >= 15 is 0 Å². The summed E-state index contributed by atoms with van der Waals surface area (Å²) in [6.45, 7) is 0. The quantitative estimate of drug-likeness (QED) is 0.776. The Balaban J connectivity index is 1.92. The molecule has 0 amide bonds. The smallest absolute Gasteiger partial charge is 0.294 e. The summed E-state index contributed by atoms with van der Waals surface area (Å²) in [6, 6.07) is 0.632. The molecule has 1 heterocycles. The lowest BCUT2D eigenvalue weighted by molar-refractivity contribution is 0.532. The highest BCUT2D eigenvalue weighted by molar-refractivity contribution is 5.19. The van der Waals surface area contributed by atoms with Crippen LogP contribution in [0.25, 0.3) is 0 Å². The van der Waals surface area contributed by atoms with Crippen molar-refractivity contribution in [3.8, 4) is 0 Å². The molecule has 1 aromatic heterocycles. The third-order valence-electron chi connectivity index (χ3n) is 2.74. The van der Waals surface area contributed by atoms with Crippen LogP contribution < -0.4 is 5.32 Å². The number of nitrogens with zero attached hydrogens (tertiary/aromatic N) is 1. The third kappa shape index (κ3) is 2.02. The topological polar surface area (TPSA) is 38.1 Å². The second kappa shape index (κ2) is 3.81. The predicted octanol–water partition coefficient (Wildman–Crippen LogP) is 2.45. The molecule has 13 heavy (non-hydrogen) atoms. The summed E-state index contributed by atoms with van der Waals surface area (Å²) in [5.41, 5.74) is 1.09. The van der Waals surface area contributed by atoms with Gasteiger partial charge in [-0.3, -0.25) is 0 Å². The first-order chi connectivity index (χ1) is 6.38. The number of hydrogen-bond acceptors (Lipinski definition) is 3. The molecular weight excluding hydrogens is 164 g/mol. The van der Waals surface area contributed by atoms with E-state index in [1.165, 1.54) is 25.7 Å². The molecule has 0 unspecified atom stereocenters. The molecule has 1 fully saturated rings. The standard InChI is InChI=1S/C10H16N2O/c1-11-10-12-9(7-13-10)6-8-4-2-3-5-8/h7-8H,2-6H2,1H3,(H,11,12). The van der Waals surface area contributed by atoms with Crippen molar-refractivity contribution in [2.24, 2.45) is 5.92 Å². The molecule has 2 rings (SSSR count). The average molecular weight is 180 g/mol. The summed E-state index contributed by atoms with van der Waals surface area (Å²) in [5, 5.41) is 2.89. The predicted molar refractivity (Wildman–Crippen MR) is 51.7 cm³/mol. The Bertz CT molecular complexity index is 264. The van der Waals surface area contributed by atoms with Gasteiger partial charge in [0.05, 0.1) is 5.69 Å². The third-order valence-corrected chi connectivity index (χ3v) is 2.74. The van der Waals surface area contributed by atoms with Gasteiger partial charge in [-0.05, 0) is 12.3 Å². The van der Waals surface area contributed by atoms with Gasteiger partial charge in [0.15, 0.2) is 0 Å². The van der Waals surface area contributed by atoms with Gasteiger partial charge in [0.2, 0.25) is 0 Å². The minimum atomic E-state index is 0.632. The van der Waals surface area contributed by atoms with E-state index in [4.69, 9.17) is 4.42 Å². The minimum absolute atomic E-state index is 0.632. The molecular formula is C10H16N2O. The molecule has 1 aliphatic rings. The Kier molecular flexibility index (Phi) is 2.52. The maximum atomic E-state index is 5.20. The van der Waals surface area contributed by atoms with Gasteiger partial charge in [0.1, 0.15) is 6.26 Å². The first kappa shape index (κ1) is 8.60. The lowest BCUT2D eigenvalue weighted by Crippen LogP contribution is -1.99. The van der Waals surface area contributed by atoms with E-state index in [0.717, 1.165) is 18.0 Å². The lowest BCUT2D eigenvalue weighted by atomic mass is 10.0. The highest BCUT2D eigenvalue weighted by Gasteiger charge is 2.16. The summed E-state index contributed by atoms with van der Waals surface area (Å²) in [4.78, 5) is 4.31. The molecule has 3 nitrogen and oxygen atoms in total. The second-order valence-electron chi connectivity index (χ2n) is 3.75. The SMILES string of the molecule is CNc1nc(CC2CCCC2)co1. The minimum Gasteiger partial charge on any atom is -0.432 e. The van der Waals surface area contributed by atoms with Gasteiger partial charge in [-0.2, -0.15) is 4.98 Å². The van der Waals surface area contributed by atoms with Crippen molar-refractivity contribution in [2.75, 3.05) is 12.4 Å². The maximum Gasteiger partial charge on any atom is 0.294 e. The van der Waals surface area contributed by atoms with Crippen molar-refractivity contribution in [3.05, 3.63) is 12.0 Å². The highest BCUT2D eigenvalue weighted by Crippen LogP contribution is 2.27. The van der Waals surface area contributed by atoms with Crippen LogP contribution in [0.3, 0.4) is 0 Å². The zero-order valence-corrected chi connectivity index (χ0v) is 8.05. The zero-order chi connectivity index (χ0) is 9.10. The number of aromatic nitrogens is 1. The molecule has 0 aliphatic heterocycles.